The number of carbonyl (C=O) groups is 2. The topological polar surface area (TPSA) is 69.6 Å². The lowest BCUT2D eigenvalue weighted by molar-refractivity contribution is -0.137. The molecule has 0 aromatic carbocycles. The molecule has 1 aliphatic carbocycles. The molecule has 0 heterocycles. The second kappa shape index (κ2) is 5.72. The van der Waals surface area contributed by atoms with Gasteiger partial charge in [-0.15, -0.1) is 0 Å². The maximum atomic E-state index is 11.6. The van der Waals surface area contributed by atoms with E-state index in [1.807, 2.05) is 6.92 Å². The molecule has 0 saturated heterocycles. The second-order valence-corrected chi connectivity index (χ2v) is 4.57. The van der Waals surface area contributed by atoms with Crippen LogP contribution in [0.4, 0.5) is 4.79 Å². The summed E-state index contributed by atoms with van der Waals surface area (Å²) in [6, 6.07) is 0.360. The van der Waals surface area contributed by atoms with Crippen molar-refractivity contribution in [3.05, 3.63) is 0 Å². The number of rotatable bonds is 6. The van der Waals surface area contributed by atoms with E-state index < -0.39 is 5.97 Å². The summed E-state index contributed by atoms with van der Waals surface area (Å²) in [5.74, 6) is -0.582. The fraction of sp³-hybridized carbons (Fsp3) is 0.818. The van der Waals surface area contributed by atoms with Gasteiger partial charge in [0.15, 0.2) is 0 Å². The zero-order chi connectivity index (χ0) is 12.1. The first-order valence-electron chi connectivity index (χ1n) is 5.73. The van der Waals surface area contributed by atoms with E-state index in [9.17, 15) is 9.59 Å². The molecule has 2 N–H and O–H groups in total. The van der Waals surface area contributed by atoms with Crippen LogP contribution in [-0.4, -0.2) is 41.6 Å². The van der Waals surface area contributed by atoms with Crippen LogP contribution in [0.15, 0.2) is 0 Å². The van der Waals surface area contributed by atoms with Gasteiger partial charge in [-0.05, 0) is 25.2 Å². The van der Waals surface area contributed by atoms with Gasteiger partial charge in [0, 0.05) is 26.1 Å². The highest BCUT2D eigenvalue weighted by Gasteiger charge is 2.29. The highest BCUT2D eigenvalue weighted by Crippen LogP contribution is 2.25. The molecule has 0 aromatic heterocycles. The van der Waals surface area contributed by atoms with Crippen molar-refractivity contribution in [1.29, 1.82) is 0 Å². The summed E-state index contributed by atoms with van der Waals surface area (Å²) in [7, 11) is 1.80. The molecule has 5 heteroatoms. The van der Waals surface area contributed by atoms with Crippen LogP contribution < -0.4 is 5.32 Å². The van der Waals surface area contributed by atoms with Crippen molar-refractivity contribution in [3.8, 4) is 0 Å². The lowest BCUT2D eigenvalue weighted by Crippen LogP contribution is -2.40. The van der Waals surface area contributed by atoms with Gasteiger partial charge in [0.25, 0.3) is 0 Å². The number of aliphatic carboxylic acids is 1. The smallest absolute Gasteiger partial charge is 0.317 e. The Hall–Kier alpha value is -1.26. The number of carboxylic acid groups (broad SMARTS) is 1. The number of nitrogens with one attached hydrogen (secondary N) is 1. The maximum absolute atomic E-state index is 11.6. The van der Waals surface area contributed by atoms with Crippen LogP contribution in [0.25, 0.3) is 0 Å². The van der Waals surface area contributed by atoms with E-state index in [4.69, 9.17) is 5.11 Å². The first kappa shape index (κ1) is 12.8. The van der Waals surface area contributed by atoms with E-state index in [1.54, 1.807) is 11.9 Å². The number of urea groups is 1. The van der Waals surface area contributed by atoms with E-state index >= 15 is 0 Å². The van der Waals surface area contributed by atoms with Crippen molar-refractivity contribution in [2.75, 3.05) is 13.6 Å². The van der Waals surface area contributed by atoms with Crippen molar-refractivity contribution < 1.29 is 14.7 Å². The van der Waals surface area contributed by atoms with Gasteiger partial charge in [0.2, 0.25) is 0 Å². The first-order chi connectivity index (χ1) is 7.50. The predicted octanol–water partition coefficient (Wildman–Crippen LogP) is 1.29. The zero-order valence-corrected chi connectivity index (χ0v) is 9.90. The summed E-state index contributed by atoms with van der Waals surface area (Å²) in [6.07, 6.45) is 2.95. The van der Waals surface area contributed by atoms with E-state index in [0.29, 0.717) is 19.0 Å². The Balaban J connectivity index is 2.12. The molecule has 0 spiro atoms. The van der Waals surface area contributed by atoms with Crippen molar-refractivity contribution >= 4 is 12.0 Å². The van der Waals surface area contributed by atoms with Gasteiger partial charge in [0.1, 0.15) is 0 Å². The van der Waals surface area contributed by atoms with Crippen molar-refractivity contribution in [3.63, 3.8) is 0 Å². The predicted molar refractivity (Wildman–Crippen MR) is 60.2 cm³/mol. The maximum Gasteiger partial charge on any atom is 0.317 e. The molecule has 0 radical (unpaired) electrons. The molecule has 1 rings (SSSR count). The van der Waals surface area contributed by atoms with Gasteiger partial charge in [0.05, 0.1) is 0 Å². The minimum atomic E-state index is -0.784. The summed E-state index contributed by atoms with van der Waals surface area (Å²) in [4.78, 5) is 23.6. The summed E-state index contributed by atoms with van der Waals surface area (Å²) >= 11 is 0. The summed E-state index contributed by atoms with van der Waals surface area (Å²) < 4.78 is 0. The van der Waals surface area contributed by atoms with Crippen LogP contribution in [0.3, 0.4) is 0 Å². The molecule has 5 nitrogen and oxygen atoms in total. The van der Waals surface area contributed by atoms with Crippen LogP contribution in [-0.2, 0) is 4.79 Å². The van der Waals surface area contributed by atoms with Crippen molar-refractivity contribution in [2.24, 2.45) is 5.92 Å². The molecule has 1 saturated carbocycles. The lowest BCUT2D eigenvalue weighted by atomic mass is 10.1. The van der Waals surface area contributed by atoms with Crippen LogP contribution in [0.2, 0.25) is 0 Å². The van der Waals surface area contributed by atoms with Gasteiger partial charge in [-0.3, -0.25) is 4.79 Å². The Morgan fingerprint density at radius 2 is 2.12 bits per heavy atom. The molecule has 1 fully saturated rings. The summed E-state index contributed by atoms with van der Waals surface area (Å²) in [6.45, 7) is 2.49. The Kier molecular flexibility index (Phi) is 4.58. The molecule has 0 bridgehead atoms. The van der Waals surface area contributed by atoms with Crippen LogP contribution in [0.1, 0.15) is 32.6 Å². The number of carboxylic acids is 1. The standard InChI is InChI=1S/C11H20N2O3/c1-8(3-6-10(14)15)7-12-11(16)13(2)9-4-5-9/h8-9H,3-7H2,1-2H3,(H,12,16)(H,14,15). The van der Waals surface area contributed by atoms with E-state index in [2.05, 4.69) is 5.32 Å². The molecular formula is C11H20N2O3. The monoisotopic (exact) mass is 228 g/mol. The molecule has 0 aromatic rings. The fourth-order valence-corrected chi connectivity index (χ4v) is 1.49. The molecule has 1 unspecified atom stereocenters. The Labute approximate surface area is 95.8 Å². The molecule has 2 amide bonds. The van der Waals surface area contributed by atoms with Crippen molar-refractivity contribution in [2.45, 2.75) is 38.6 Å². The SMILES string of the molecule is CC(CCC(=O)O)CNC(=O)N(C)C1CC1. The molecular weight excluding hydrogens is 208 g/mol. The molecule has 16 heavy (non-hydrogen) atoms. The largest absolute Gasteiger partial charge is 0.481 e. The number of carbonyl (C=O) groups excluding carboxylic acids is 1. The van der Waals surface area contributed by atoms with Gasteiger partial charge in [-0.25, -0.2) is 4.79 Å². The average Bonchev–Trinajstić information content (AvgIpc) is 3.05. The number of hydrogen-bond acceptors (Lipinski definition) is 2. The second-order valence-electron chi connectivity index (χ2n) is 4.57. The molecule has 0 aliphatic heterocycles. The lowest BCUT2D eigenvalue weighted by Gasteiger charge is -2.19. The van der Waals surface area contributed by atoms with E-state index in [0.717, 1.165) is 12.8 Å². The third kappa shape index (κ3) is 4.51. The van der Waals surface area contributed by atoms with Gasteiger partial charge < -0.3 is 15.3 Å². The first-order valence-corrected chi connectivity index (χ1v) is 5.73. The summed E-state index contributed by atoms with van der Waals surface area (Å²) in [5.41, 5.74) is 0. The number of nitrogens with zero attached hydrogens (tertiary/aromatic N) is 1. The normalized spacial score (nSPS) is 16.6. The van der Waals surface area contributed by atoms with Gasteiger partial charge in [-0.2, -0.15) is 0 Å². The highest BCUT2D eigenvalue weighted by molar-refractivity contribution is 5.74. The highest BCUT2D eigenvalue weighted by atomic mass is 16.4. The van der Waals surface area contributed by atoms with Crippen LogP contribution in [0.5, 0.6) is 0 Å². The minimum absolute atomic E-state index is 0.0512. The van der Waals surface area contributed by atoms with Gasteiger partial charge >= 0.3 is 12.0 Å². The van der Waals surface area contributed by atoms with Crippen molar-refractivity contribution in [1.82, 2.24) is 10.2 Å². The van der Waals surface area contributed by atoms with Crippen LogP contribution in [0, 0.1) is 5.92 Å². The minimum Gasteiger partial charge on any atom is -0.481 e. The third-order valence-corrected chi connectivity index (χ3v) is 2.87. The number of hydrogen-bond donors (Lipinski definition) is 2. The fourth-order valence-electron chi connectivity index (χ4n) is 1.49. The molecule has 92 valence electrons. The van der Waals surface area contributed by atoms with Crippen LogP contribution >= 0.6 is 0 Å². The Morgan fingerprint density at radius 3 is 2.62 bits per heavy atom. The quantitative estimate of drug-likeness (QED) is 0.719. The zero-order valence-electron chi connectivity index (χ0n) is 9.90. The Bertz CT molecular complexity index is 264. The van der Waals surface area contributed by atoms with E-state index in [-0.39, 0.29) is 18.4 Å². The summed E-state index contributed by atoms with van der Waals surface area (Å²) in [5, 5.41) is 11.3. The molecule has 1 aliphatic rings. The Morgan fingerprint density at radius 1 is 1.50 bits per heavy atom. The average molecular weight is 228 g/mol. The van der Waals surface area contributed by atoms with E-state index in [1.165, 1.54) is 0 Å². The number of amides is 2. The van der Waals surface area contributed by atoms with Gasteiger partial charge in [-0.1, -0.05) is 6.92 Å². The third-order valence-electron chi connectivity index (χ3n) is 2.87. The molecule has 1 atom stereocenters.